The number of thiocarbonyl (C=S) groups is 1. The van der Waals surface area contributed by atoms with Gasteiger partial charge in [-0.05, 0) is 62.2 Å². The predicted octanol–water partition coefficient (Wildman–Crippen LogP) is 5.46. The Hall–Kier alpha value is -2.40. The third-order valence-corrected chi connectivity index (χ3v) is 6.17. The van der Waals surface area contributed by atoms with Gasteiger partial charge in [-0.2, -0.15) is 0 Å². The number of hydrogen-bond acceptors (Lipinski definition) is 3. The Kier molecular flexibility index (Phi) is 4.42. The summed E-state index contributed by atoms with van der Waals surface area (Å²) in [6.07, 6.45) is 2.28. The molecule has 140 valence electrons. The van der Waals surface area contributed by atoms with E-state index in [2.05, 4.69) is 42.8 Å². The number of imidazole rings is 1. The lowest BCUT2D eigenvalue weighted by Gasteiger charge is -2.23. The molecule has 4 rings (SSSR count). The fraction of sp³-hybridized carbons (Fsp3) is 0.364. The largest absolute Gasteiger partial charge is 0.497 e. The van der Waals surface area contributed by atoms with Gasteiger partial charge in [-0.25, -0.2) is 4.98 Å². The number of methoxy groups -OCH3 is 1. The number of aromatic amines is 1. The van der Waals surface area contributed by atoms with Gasteiger partial charge in [0.15, 0.2) is 0 Å². The Morgan fingerprint density at radius 1 is 1.19 bits per heavy atom. The molecule has 4 nitrogen and oxygen atoms in total. The normalized spacial score (nSPS) is 15.4. The molecular weight excluding hydrogens is 354 g/mol. The van der Waals surface area contributed by atoms with E-state index in [4.69, 9.17) is 21.9 Å². The molecule has 0 unspecified atom stereocenters. The Morgan fingerprint density at radius 2 is 1.93 bits per heavy atom. The first-order valence-corrected chi connectivity index (χ1v) is 9.87. The first kappa shape index (κ1) is 18.0. The van der Waals surface area contributed by atoms with E-state index >= 15 is 0 Å². The zero-order valence-electron chi connectivity index (χ0n) is 16.3. The van der Waals surface area contributed by atoms with E-state index in [1.165, 1.54) is 11.3 Å². The van der Waals surface area contributed by atoms with E-state index in [0.717, 1.165) is 52.5 Å². The minimum atomic E-state index is -0.141. The number of anilines is 1. The Labute approximate surface area is 165 Å². The number of rotatable bonds is 5. The van der Waals surface area contributed by atoms with E-state index < -0.39 is 0 Å². The van der Waals surface area contributed by atoms with Crippen LogP contribution in [-0.2, 0) is 5.41 Å². The van der Waals surface area contributed by atoms with Gasteiger partial charge in [0, 0.05) is 23.2 Å². The molecule has 1 aromatic heterocycles. The van der Waals surface area contributed by atoms with Crippen molar-refractivity contribution in [3.05, 3.63) is 42.0 Å². The highest BCUT2D eigenvalue weighted by molar-refractivity contribution is 7.80. The van der Waals surface area contributed by atoms with Crippen LogP contribution in [0.15, 0.2) is 36.4 Å². The lowest BCUT2D eigenvalue weighted by Crippen LogP contribution is -2.35. The van der Waals surface area contributed by atoms with Crippen molar-refractivity contribution < 1.29 is 4.74 Å². The second kappa shape index (κ2) is 6.64. The molecule has 1 N–H and O–H groups in total. The lowest BCUT2D eigenvalue weighted by molar-refractivity contribution is 0.415. The molecule has 2 aromatic carbocycles. The number of hydrogen-bond donors (Lipinski definition) is 1. The van der Waals surface area contributed by atoms with Gasteiger partial charge < -0.3 is 14.6 Å². The first-order chi connectivity index (χ1) is 13.0. The highest BCUT2D eigenvalue weighted by atomic mass is 32.1. The highest BCUT2D eigenvalue weighted by Gasteiger charge is 2.40. The number of unbranched alkanes of at least 4 members (excludes halogenated alkanes) is 1. The molecule has 27 heavy (non-hydrogen) atoms. The molecule has 0 amide bonds. The molecule has 5 heteroatoms. The molecule has 0 bridgehead atoms. The molecule has 3 aromatic rings. The molecule has 1 aliphatic heterocycles. The topological polar surface area (TPSA) is 41.2 Å². The van der Waals surface area contributed by atoms with Crippen LogP contribution in [0.2, 0.25) is 0 Å². The van der Waals surface area contributed by atoms with Gasteiger partial charge >= 0.3 is 0 Å². The molecule has 0 radical (unpaired) electrons. The van der Waals surface area contributed by atoms with Crippen LogP contribution in [0.4, 0.5) is 5.69 Å². The minimum Gasteiger partial charge on any atom is -0.497 e. The Balaban J connectivity index is 1.79. The molecule has 0 saturated carbocycles. The average molecular weight is 380 g/mol. The first-order valence-electron chi connectivity index (χ1n) is 9.46. The maximum atomic E-state index is 5.82. The van der Waals surface area contributed by atoms with Gasteiger partial charge in [-0.15, -0.1) is 0 Å². The van der Waals surface area contributed by atoms with Crippen LogP contribution < -0.4 is 9.64 Å². The molecule has 0 fully saturated rings. The average Bonchev–Trinajstić information content (AvgIpc) is 3.17. The molecule has 0 aliphatic carbocycles. The van der Waals surface area contributed by atoms with E-state index in [1.54, 1.807) is 7.11 Å². The fourth-order valence-corrected chi connectivity index (χ4v) is 4.06. The number of benzene rings is 2. The summed E-state index contributed by atoms with van der Waals surface area (Å²) >= 11 is 5.82. The Bertz CT molecular complexity index is 1000. The summed E-state index contributed by atoms with van der Waals surface area (Å²) in [6, 6.07) is 12.4. The molecule has 0 atom stereocenters. The van der Waals surface area contributed by atoms with Gasteiger partial charge in [-0.3, -0.25) is 0 Å². The van der Waals surface area contributed by atoms with E-state index in [9.17, 15) is 0 Å². The van der Waals surface area contributed by atoms with Gasteiger partial charge in [-0.1, -0.05) is 25.6 Å². The van der Waals surface area contributed by atoms with Crippen LogP contribution in [0.25, 0.3) is 22.4 Å². The number of nitrogens with one attached hydrogen (secondary N) is 1. The Morgan fingerprint density at radius 3 is 2.59 bits per heavy atom. The molecule has 1 aliphatic rings. The summed E-state index contributed by atoms with van der Waals surface area (Å²) in [6.45, 7) is 7.61. The van der Waals surface area contributed by atoms with Crippen LogP contribution >= 0.6 is 12.2 Å². The van der Waals surface area contributed by atoms with Crippen LogP contribution in [0.5, 0.6) is 5.75 Å². The third kappa shape index (κ3) is 2.90. The second-order valence-electron chi connectivity index (χ2n) is 7.64. The zero-order valence-corrected chi connectivity index (χ0v) is 17.1. The highest BCUT2D eigenvalue weighted by Crippen LogP contribution is 2.44. The maximum absolute atomic E-state index is 5.82. The van der Waals surface area contributed by atoms with E-state index in [0.29, 0.717) is 0 Å². The number of fused-ring (bicyclic) bond motifs is 2. The van der Waals surface area contributed by atoms with Crippen molar-refractivity contribution in [3.8, 4) is 17.1 Å². The van der Waals surface area contributed by atoms with Crippen molar-refractivity contribution >= 4 is 33.9 Å². The number of ether oxygens (including phenoxy) is 1. The quantitative estimate of drug-likeness (QED) is 0.597. The predicted molar refractivity (Wildman–Crippen MR) is 116 cm³/mol. The third-order valence-electron chi connectivity index (χ3n) is 5.44. The summed E-state index contributed by atoms with van der Waals surface area (Å²) in [5.74, 6) is 1.72. The van der Waals surface area contributed by atoms with Gasteiger partial charge in [0.1, 0.15) is 11.6 Å². The smallest absolute Gasteiger partial charge is 0.138 e. The number of H-pyrrole nitrogens is 1. The van der Waals surface area contributed by atoms with Crippen LogP contribution in [0.1, 0.15) is 39.2 Å². The fourth-order valence-electron chi connectivity index (χ4n) is 3.76. The number of aromatic nitrogens is 2. The number of nitrogens with zero attached hydrogens (tertiary/aromatic N) is 2. The van der Waals surface area contributed by atoms with Crippen molar-refractivity contribution in [2.45, 2.75) is 39.0 Å². The summed E-state index contributed by atoms with van der Waals surface area (Å²) < 4.78 is 5.25. The molecule has 2 heterocycles. The second-order valence-corrected chi connectivity index (χ2v) is 8.02. The van der Waals surface area contributed by atoms with Crippen molar-refractivity contribution in [2.24, 2.45) is 0 Å². The summed E-state index contributed by atoms with van der Waals surface area (Å²) in [7, 11) is 1.67. The lowest BCUT2D eigenvalue weighted by atomic mass is 9.86. The standard InChI is InChI=1S/C22H25N3OS/c1-5-6-11-25-19-13-18-17(12-16(19)22(2,3)21(25)27)23-20(24-18)14-7-9-15(26-4)10-8-14/h7-10,12-13H,5-6,11H2,1-4H3,(H,23,24). The van der Waals surface area contributed by atoms with E-state index in [-0.39, 0.29) is 5.41 Å². The summed E-state index contributed by atoms with van der Waals surface area (Å²) in [4.78, 5) is 11.6. The van der Waals surface area contributed by atoms with Crippen molar-refractivity contribution in [2.75, 3.05) is 18.6 Å². The van der Waals surface area contributed by atoms with Crippen LogP contribution in [0.3, 0.4) is 0 Å². The van der Waals surface area contributed by atoms with E-state index in [1.807, 2.05) is 24.3 Å². The van der Waals surface area contributed by atoms with Gasteiger partial charge in [0.25, 0.3) is 0 Å². The SMILES string of the molecule is CCCCN1C(=S)C(C)(C)c2cc3[nH]c(-c4ccc(OC)cc4)nc3cc21. The van der Waals surface area contributed by atoms with Crippen LogP contribution in [0, 0.1) is 0 Å². The summed E-state index contributed by atoms with van der Waals surface area (Å²) in [5, 5.41) is 0. The molecule has 0 saturated heterocycles. The molecular formula is C22H25N3OS. The van der Waals surface area contributed by atoms with Crippen molar-refractivity contribution in [1.82, 2.24) is 9.97 Å². The van der Waals surface area contributed by atoms with Gasteiger partial charge in [0.05, 0.1) is 23.1 Å². The van der Waals surface area contributed by atoms with Crippen molar-refractivity contribution in [3.63, 3.8) is 0 Å². The van der Waals surface area contributed by atoms with Crippen LogP contribution in [-0.4, -0.2) is 28.6 Å². The minimum absolute atomic E-state index is 0.141. The summed E-state index contributed by atoms with van der Waals surface area (Å²) in [5.41, 5.74) is 5.41. The molecule has 0 spiro atoms. The maximum Gasteiger partial charge on any atom is 0.138 e. The van der Waals surface area contributed by atoms with Gasteiger partial charge in [0.2, 0.25) is 0 Å². The van der Waals surface area contributed by atoms with Crippen molar-refractivity contribution in [1.29, 1.82) is 0 Å². The monoisotopic (exact) mass is 379 g/mol. The zero-order chi connectivity index (χ0) is 19.2.